The molecule has 0 amide bonds. The second-order valence-electron chi connectivity index (χ2n) is 4.07. The van der Waals surface area contributed by atoms with Gasteiger partial charge in [-0.25, -0.2) is 0 Å². The summed E-state index contributed by atoms with van der Waals surface area (Å²) in [7, 11) is 0. The minimum atomic E-state index is -0.594. The smallest absolute Gasteiger partial charge is 0.121 e. The van der Waals surface area contributed by atoms with Gasteiger partial charge in [-0.1, -0.05) is 31.2 Å². The summed E-state index contributed by atoms with van der Waals surface area (Å²) in [6, 6.07) is 9.94. The minimum absolute atomic E-state index is 0.594. The molecule has 0 bridgehead atoms. The number of hydrogen-bond donors (Lipinski definition) is 1. The molecule has 3 heteroatoms. The number of rotatable bonds is 4. The Morgan fingerprint density at radius 1 is 1.29 bits per heavy atom. The van der Waals surface area contributed by atoms with Crippen LogP contribution in [0.15, 0.2) is 36.5 Å². The summed E-state index contributed by atoms with van der Waals surface area (Å²) >= 11 is 0. The lowest BCUT2D eigenvalue weighted by Crippen LogP contribution is -2.09. The molecule has 1 aromatic carbocycles. The lowest BCUT2D eigenvalue weighted by atomic mass is 10.0. The van der Waals surface area contributed by atoms with E-state index in [-0.39, 0.29) is 0 Å². The Morgan fingerprint density at radius 3 is 2.82 bits per heavy atom. The van der Waals surface area contributed by atoms with Gasteiger partial charge < -0.3 is 5.11 Å². The Balaban J connectivity index is 2.33. The average molecular weight is 230 g/mol. The molecule has 0 radical (unpaired) electrons. The monoisotopic (exact) mass is 230 g/mol. The number of aliphatic hydroxyl groups is 1. The average Bonchev–Trinajstić information content (AvgIpc) is 2.86. The molecule has 1 N–H and O–H groups in total. The molecule has 1 atom stereocenters. The van der Waals surface area contributed by atoms with Crippen LogP contribution in [0, 0.1) is 0 Å². The highest BCUT2D eigenvalue weighted by Gasteiger charge is 2.14. The maximum Gasteiger partial charge on any atom is 0.121 e. The predicted molar refractivity (Wildman–Crippen MR) is 67.8 cm³/mol. The summed E-state index contributed by atoms with van der Waals surface area (Å²) in [6.45, 7) is 4.90. The van der Waals surface area contributed by atoms with Gasteiger partial charge in [0, 0.05) is 12.7 Å². The van der Waals surface area contributed by atoms with E-state index >= 15 is 0 Å². The van der Waals surface area contributed by atoms with Crippen molar-refractivity contribution in [1.82, 2.24) is 9.78 Å². The van der Waals surface area contributed by atoms with Crippen molar-refractivity contribution in [1.29, 1.82) is 0 Å². The summed E-state index contributed by atoms with van der Waals surface area (Å²) in [5, 5.41) is 14.5. The molecule has 2 rings (SSSR count). The van der Waals surface area contributed by atoms with Crippen LogP contribution in [-0.2, 0) is 13.0 Å². The van der Waals surface area contributed by atoms with E-state index in [4.69, 9.17) is 0 Å². The molecule has 0 aliphatic heterocycles. The predicted octanol–water partition coefficient (Wildman–Crippen LogP) is 2.55. The highest BCUT2D eigenvalue weighted by atomic mass is 16.3. The summed E-state index contributed by atoms with van der Waals surface area (Å²) in [5.74, 6) is 0. The number of benzene rings is 1. The molecule has 90 valence electrons. The Bertz CT molecular complexity index is 490. The molecule has 1 heterocycles. The van der Waals surface area contributed by atoms with Gasteiger partial charge in [0.2, 0.25) is 0 Å². The molecular formula is C14H18N2O. The van der Waals surface area contributed by atoms with E-state index in [1.54, 1.807) is 6.20 Å². The van der Waals surface area contributed by atoms with Crippen LogP contribution in [-0.4, -0.2) is 14.9 Å². The molecule has 0 saturated carbocycles. The van der Waals surface area contributed by atoms with Gasteiger partial charge >= 0.3 is 0 Å². The highest BCUT2D eigenvalue weighted by molar-refractivity contribution is 5.29. The molecule has 0 spiro atoms. The lowest BCUT2D eigenvalue weighted by Gasteiger charge is -2.13. The van der Waals surface area contributed by atoms with Crippen LogP contribution < -0.4 is 0 Å². The molecule has 0 aliphatic carbocycles. The van der Waals surface area contributed by atoms with Gasteiger partial charge in [-0.15, -0.1) is 0 Å². The summed E-state index contributed by atoms with van der Waals surface area (Å²) in [5.41, 5.74) is 3.02. The van der Waals surface area contributed by atoms with E-state index < -0.39 is 6.10 Å². The zero-order chi connectivity index (χ0) is 12.3. The van der Waals surface area contributed by atoms with Crippen LogP contribution in [0.25, 0.3) is 0 Å². The van der Waals surface area contributed by atoms with Gasteiger partial charge in [0.25, 0.3) is 0 Å². The first-order valence-electron chi connectivity index (χ1n) is 6.04. The van der Waals surface area contributed by atoms with Crippen LogP contribution in [0.3, 0.4) is 0 Å². The quantitative estimate of drug-likeness (QED) is 0.876. The maximum absolute atomic E-state index is 10.4. The summed E-state index contributed by atoms with van der Waals surface area (Å²) in [6.07, 6.45) is 2.11. The van der Waals surface area contributed by atoms with Crippen LogP contribution in [0.2, 0.25) is 0 Å². The van der Waals surface area contributed by atoms with Crippen LogP contribution in [0.4, 0.5) is 0 Å². The van der Waals surface area contributed by atoms with E-state index in [9.17, 15) is 5.11 Å². The molecule has 2 aromatic rings. The summed E-state index contributed by atoms with van der Waals surface area (Å²) in [4.78, 5) is 0. The fraction of sp³-hybridized carbons (Fsp3) is 0.357. The molecule has 1 aromatic heterocycles. The molecule has 0 aliphatic rings. The molecular weight excluding hydrogens is 212 g/mol. The molecule has 0 saturated heterocycles. The van der Waals surface area contributed by atoms with E-state index in [2.05, 4.69) is 24.2 Å². The highest BCUT2D eigenvalue weighted by Crippen LogP contribution is 2.22. The van der Waals surface area contributed by atoms with Crippen molar-refractivity contribution in [3.8, 4) is 0 Å². The third kappa shape index (κ3) is 2.39. The van der Waals surface area contributed by atoms with E-state index in [1.165, 1.54) is 5.56 Å². The van der Waals surface area contributed by atoms with Crippen molar-refractivity contribution < 1.29 is 5.11 Å². The number of nitrogens with zero attached hydrogens (tertiary/aromatic N) is 2. The van der Waals surface area contributed by atoms with Crippen molar-refractivity contribution in [3.05, 3.63) is 53.3 Å². The SMILES string of the molecule is CCc1cccc(C(O)c2ccnn2CC)c1. The van der Waals surface area contributed by atoms with Crippen molar-refractivity contribution >= 4 is 0 Å². The van der Waals surface area contributed by atoms with Crippen molar-refractivity contribution in [2.45, 2.75) is 32.9 Å². The van der Waals surface area contributed by atoms with Crippen LogP contribution >= 0.6 is 0 Å². The van der Waals surface area contributed by atoms with Gasteiger partial charge in [0.15, 0.2) is 0 Å². The van der Waals surface area contributed by atoms with Gasteiger partial charge in [-0.05, 0) is 30.5 Å². The molecule has 1 unspecified atom stereocenters. The van der Waals surface area contributed by atoms with E-state index in [0.29, 0.717) is 0 Å². The fourth-order valence-electron chi connectivity index (χ4n) is 1.99. The van der Waals surface area contributed by atoms with Crippen LogP contribution in [0.1, 0.15) is 36.8 Å². The largest absolute Gasteiger partial charge is 0.382 e. The number of aliphatic hydroxyl groups excluding tert-OH is 1. The lowest BCUT2D eigenvalue weighted by molar-refractivity contribution is 0.208. The minimum Gasteiger partial charge on any atom is -0.382 e. The van der Waals surface area contributed by atoms with Gasteiger partial charge in [0.05, 0.1) is 5.69 Å². The molecule has 3 nitrogen and oxygen atoms in total. The normalized spacial score (nSPS) is 12.6. The second kappa shape index (κ2) is 5.15. The zero-order valence-corrected chi connectivity index (χ0v) is 10.3. The Hall–Kier alpha value is -1.61. The number of aryl methyl sites for hydroxylation is 2. The Morgan fingerprint density at radius 2 is 2.12 bits per heavy atom. The van der Waals surface area contributed by atoms with Gasteiger partial charge in [-0.3, -0.25) is 4.68 Å². The maximum atomic E-state index is 10.4. The van der Waals surface area contributed by atoms with Crippen molar-refractivity contribution in [2.24, 2.45) is 0 Å². The van der Waals surface area contributed by atoms with Gasteiger partial charge in [-0.2, -0.15) is 5.10 Å². The Kier molecular flexibility index (Phi) is 3.59. The van der Waals surface area contributed by atoms with E-state index in [1.807, 2.05) is 29.8 Å². The Labute approximate surface area is 102 Å². The van der Waals surface area contributed by atoms with E-state index in [0.717, 1.165) is 24.2 Å². The molecule has 17 heavy (non-hydrogen) atoms. The first kappa shape index (κ1) is 11.9. The van der Waals surface area contributed by atoms with Crippen molar-refractivity contribution in [3.63, 3.8) is 0 Å². The topological polar surface area (TPSA) is 38.1 Å². The molecule has 0 fully saturated rings. The number of hydrogen-bond acceptors (Lipinski definition) is 2. The third-order valence-electron chi connectivity index (χ3n) is 3.00. The summed E-state index contributed by atoms with van der Waals surface area (Å²) < 4.78 is 1.82. The van der Waals surface area contributed by atoms with Crippen LogP contribution in [0.5, 0.6) is 0 Å². The standard InChI is InChI=1S/C14H18N2O/c1-3-11-6-5-7-12(10-11)14(17)13-8-9-15-16(13)4-2/h5-10,14,17H,3-4H2,1-2H3. The number of aromatic nitrogens is 2. The zero-order valence-electron chi connectivity index (χ0n) is 10.3. The third-order valence-corrected chi connectivity index (χ3v) is 3.00. The first-order chi connectivity index (χ1) is 8.26. The van der Waals surface area contributed by atoms with Crippen molar-refractivity contribution in [2.75, 3.05) is 0 Å². The van der Waals surface area contributed by atoms with Gasteiger partial charge in [0.1, 0.15) is 6.10 Å². The fourth-order valence-corrected chi connectivity index (χ4v) is 1.99. The first-order valence-corrected chi connectivity index (χ1v) is 6.04. The second-order valence-corrected chi connectivity index (χ2v) is 4.07.